The molecule has 0 bridgehead atoms. The minimum atomic E-state index is -0.371. The Labute approximate surface area is 122 Å². The van der Waals surface area contributed by atoms with Crippen molar-refractivity contribution in [2.75, 3.05) is 19.6 Å². The molecule has 1 heterocycles. The molecule has 3 unspecified atom stereocenters. The zero-order valence-electron chi connectivity index (χ0n) is 13.1. The summed E-state index contributed by atoms with van der Waals surface area (Å²) in [5.41, 5.74) is 3.49. The van der Waals surface area contributed by atoms with Gasteiger partial charge < -0.3 is 9.84 Å². The van der Waals surface area contributed by atoms with Crippen LogP contribution in [0.5, 0.6) is 0 Å². The van der Waals surface area contributed by atoms with Crippen molar-refractivity contribution >= 4 is 0 Å². The molecule has 1 aromatic carbocycles. The van der Waals surface area contributed by atoms with Gasteiger partial charge in [-0.2, -0.15) is 0 Å². The van der Waals surface area contributed by atoms with Crippen LogP contribution in [0.3, 0.4) is 0 Å². The molecular weight excluding hydrogens is 250 g/mol. The maximum absolute atomic E-state index is 10.4. The van der Waals surface area contributed by atoms with Crippen LogP contribution in [-0.4, -0.2) is 41.8 Å². The second-order valence-corrected chi connectivity index (χ2v) is 6.18. The van der Waals surface area contributed by atoms with E-state index in [0.717, 1.165) is 31.6 Å². The third-order valence-electron chi connectivity index (χ3n) is 4.00. The summed E-state index contributed by atoms with van der Waals surface area (Å²) in [4.78, 5) is 2.39. The van der Waals surface area contributed by atoms with Gasteiger partial charge in [-0.25, -0.2) is 0 Å². The number of nitrogens with zero attached hydrogens (tertiary/aromatic N) is 1. The summed E-state index contributed by atoms with van der Waals surface area (Å²) in [7, 11) is 0. The van der Waals surface area contributed by atoms with Gasteiger partial charge in [0.25, 0.3) is 0 Å². The van der Waals surface area contributed by atoms with Gasteiger partial charge in [0.1, 0.15) is 0 Å². The minimum absolute atomic E-state index is 0.289. The number of hydrogen-bond acceptors (Lipinski definition) is 3. The molecule has 0 aromatic heterocycles. The lowest BCUT2D eigenvalue weighted by Crippen LogP contribution is -2.45. The molecule has 0 saturated carbocycles. The molecule has 2 rings (SSSR count). The highest BCUT2D eigenvalue weighted by Gasteiger charge is 2.22. The van der Waals surface area contributed by atoms with Crippen molar-refractivity contribution < 1.29 is 9.84 Å². The summed E-state index contributed by atoms with van der Waals surface area (Å²) in [6.07, 6.45) is 0.988. The molecule has 3 atom stereocenters. The summed E-state index contributed by atoms with van der Waals surface area (Å²) in [6.45, 7) is 11.2. The van der Waals surface area contributed by atoms with Gasteiger partial charge in [0.2, 0.25) is 0 Å². The zero-order valence-corrected chi connectivity index (χ0v) is 13.1. The van der Waals surface area contributed by atoms with E-state index in [9.17, 15) is 5.11 Å². The Kier molecular flexibility index (Phi) is 5.19. The average molecular weight is 277 g/mol. The van der Waals surface area contributed by atoms with E-state index >= 15 is 0 Å². The second kappa shape index (κ2) is 6.70. The maximum Gasteiger partial charge on any atom is 0.0804 e. The first-order chi connectivity index (χ1) is 9.45. The summed E-state index contributed by atoms with van der Waals surface area (Å²) in [6, 6.07) is 6.27. The van der Waals surface area contributed by atoms with Crippen molar-refractivity contribution in [3.8, 4) is 0 Å². The van der Waals surface area contributed by atoms with Crippen LogP contribution in [0.1, 0.15) is 43.1 Å². The van der Waals surface area contributed by atoms with Gasteiger partial charge in [0.05, 0.1) is 18.3 Å². The smallest absolute Gasteiger partial charge is 0.0804 e. The van der Waals surface area contributed by atoms with Crippen LogP contribution in [0.25, 0.3) is 0 Å². The Morgan fingerprint density at radius 2 is 1.90 bits per heavy atom. The van der Waals surface area contributed by atoms with Gasteiger partial charge in [-0.05, 0) is 45.2 Å². The first kappa shape index (κ1) is 15.5. The van der Waals surface area contributed by atoms with Crippen LogP contribution < -0.4 is 0 Å². The van der Waals surface area contributed by atoms with Crippen LogP contribution in [0.15, 0.2) is 18.2 Å². The number of aryl methyl sites for hydroxylation is 2. The normalized spacial score (nSPS) is 25.6. The molecule has 20 heavy (non-hydrogen) atoms. The van der Waals surface area contributed by atoms with Crippen LogP contribution in [0, 0.1) is 13.8 Å². The average Bonchev–Trinajstić information content (AvgIpc) is 2.35. The fourth-order valence-electron chi connectivity index (χ4n) is 3.13. The Hall–Kier alpha value is -0.900. The Morgan fingerprint density at radius 3 is 2.50 bits per heavy atom. The van der Waals surface area contributed by atoms with Crippen molar-refractivity contribution in [3.05, 3.63) is 34.9 Å². The van der Waals surface area contributed by atoms with Crippen LogP contribution in [0.4, 0.5) is 0 Å². The van der Waals surface area contributed by atoms with Gasteiger partial charge >= 0.3 is 0 Å². The zero-order chi connectivity index (χ0) is 14.7. The summed E-state index contributed by atoms with van der Waals surface area (Å²) < 4.78 is 5.74. The van der Waals surface area contributed by atoms with E-state index < -0.39 is 0 Å². The van der Waals surface area contributed by atoms with Crippen LogP contribution in [0.2, 0.25) is 0 Å². The van der Waals surface area contributed by atoms with Crippen LogP contribution in [-0.2, 0) is 4.74 Å². The summed E-state index contributed by atoms with van der Waals surface area (Å²) >= 11 is 0. The predicted octanol–water partition coefficient (Wildman–Crippen LogP) is 2.84. The van der Waals surface area contributed by atoms with Gasteiger partial charge in [-0.3, -0.25) is 4.90 Å². The molecule has 3 nitrogen and oxygen atoms in total. The van der Waals surface area contributed by atoms with Crippen molar-refractivity contribution in [2.24, 2.45) is 0 Å². The molecule has 1 aliphatic heterocycles. The highest BCUT2D eigenvalue weighted by atomic mass is 16.5. The second-order valence-electron chi connectivity index (χ2n) is 6.18. The fraction of sp³-hybridized carbons (Fsp3) is 0.647. The van der Waals surface area contributed by atoms with E-state index in [0.29, 0.717) is 0 Å². The third-order valence-corrected chi connectivity index (χ3v) is 4.00. The molecule has 1 N–H and O–H groups in total. The van der Waals surface area contributed by atoms with E-state index in [-0.39, 0.29) is 18.3 Å². The highest BCUT2D eigenvalue weighted by molar-refractivity contribution is 5.31. The Bertz CT molecular complexity index is 437. The first-order valence-electron chi connectivity index (χ1n) is 7.58. The lowest BCUT2D eigenvalue weighted by Gasteiger charge is -2.35. The van der Waals surface area contributed by atoms with Crippen LogP contribution >= 0.6 is 0 Å². The van der Waals surface area contributed by atoms with Crippen molar-refractivity contribution in [1.82, 2.24) is 4.90 Å². The molecule has 0 aliphatic carbocycles. The van der Waals surface area contributed by atoms with Gasteiger partial charge in [-0.1, -0.05) is 23.8 Å². The lowest BCUT2D eigenvalue weighted by molar-refractivity contribution is -0.0703. The van der Waals surface area contributed by atoms with Crippen molar-refractivity contribution in [2.45, 2.75) is 52.4 Å². The highest BCUT2D eigenvalue weighted by Crippen LogP contribution is 2.22. The van der Waals surface area contributed by atoms with E-state index in [1.54, 1.807) is 0 Å². The Morgan fingerprint density at radius 1 is 1.25 bits per heavy atom. The molecule has 0 radical (unpaired) electrons. The molecule has 1 aliphatic rings. The van der Waals surface area contributed by atoms with Gasteiger partial charge in [-0.15, -0.1) is 0 Å². The monoisotopic (exact) mass is 277 g/mol. The molecule has 112 valence electrons. The van der Waals surface area contributed by atoms with E-state index in [1.807, 2.05) is 0 Å². The first-order valence-corrected chi connectivity index (χ1v) is 7.58. The SMILES string of the molecule is Cc1ccc(C(O)CCN2CC(C)OC(C)C2)c(C)c1. The molecule has 0 amide bonds. The van der Waals surface area contributed by atoms with Crippen molar-refractivity contribution in [3.63, 3.8) is 0 Å². The van der Waals surface area contributed by atoms with Crippen molar-refractivity contribution in [1.29, 1.82) is 0 Å². The van der Waals surface area contributed by atoms with Gasteiger partial charge in [0.15, 0.2) is 0 Å². The summed E-state index contributed by atoms with van der Waals surface area (Å²) in [5, 5.41) is 10.4. The Balaban J connectivity index is 1.90. The minimum Gasteiger partial charge on any atom is -0.388 e. The third kappa shape index (κ3) is 4.05. The molecule has 0 spiro atoms. The number of morpholine rings is 1. The number of rotatable bonds is 4. The van der Waals surface area contributed by atoms with E-state index in [2.05, 4.69) is 50.8 Å². The fourth-order valence-corrected chi connectivity index (χ4v) is 3.13. The molecule has 3 heteroatoms. The predicted molar refractivity (Wildman–Crippen MR) is 81.9 cm³/mol. The van der Waals surface area contributed by atoms with Gasteiger partial charge in [0, 0.05) is 19.6 Å². The number of benzene rings is 1. The molecule has 1 saturated heterocycles. The quantitative estimate of drug-likeness (QED) is 0.918. The molecule has 1 fully saturated rings. The lowest BCUT2D eigenvalue weighted by atomic mass is 9.99. The number of ether oxygens (including phenoxy) is 1. The topological polar surface area (TPSA) is 32.7 Å². The maximum atomic E-state index is 10.4. The van der Waals surface area contributed by atoms with E-state index in [4.69, 9.17) is 4.74 Å². The summed E-state index contributed by atoms with van der Waals surface area (Å²) in [5.74, 6) is 0. The van der Waals surface area contributed by atoms with E-state index in [1.165, 1.54) is 11.1 Å². The number of aliphatic hydroxyl groups excluding tert-OH is 1. The standard InChI is InChI=1S/C17H27NO2/c1-12-5-6-16(13(2)9-12)17(19)7-8-18-10-14(3)20-15(4)11-18/h5-6,9,14-15,17,19H,7-8,10-11H2,1-4H3. The largest absolute Gasteiger partial charge is 0.388 e. The molecular formula is C17H27NO2. The number of hydrogen-bond donors (Lipinski definition) is 1. The number of aliphatic hydroxyl groups is 1. The molecule has 1 aromatic rings.